The number of para-hydroxylation sites is 1. The van der Waals surface area contributed by atoms with Crippen molar-refractivity contribution in [3.63, 3.8) is 0 Å². The molecule has 0 aliphatic carbocycles. The number of amides is 1. The van der Waals surface area contributed by atoms with E-state index in [9.17, 15) is 4.79 Å². The lowest BCUT2D eigenvalue weighted by Gasteiger charge is -2.47. The largest absolute Gasteiger partial charge is 0.312 e. The number of rotatable bonds is 4. The Balaban J connectivity index is 1.52. The highest BCUT2D eigenvalue weighted by Crippen LogP contribution is 2.41. The van der Waals surface area contributed by atoms with Crippen LogP contribution in [0.25, 0.3) is 0 Å². The zero-order valence-corrected chi connectivity index (χ0v) is 16.5. The highest BCUT2D eigenvalue weighted by atomic mass is 16.2. The lowest BCUT2D eigenvalue weighted by atomic mass is 9.72. The Hall–Kier alpha value is -2.14. The van der Waals surface area contributed by atoms with Gasteiger partial charge in [0.1, 0.15) is 0 Å². The van der Waals surface area contributed by atoms with E-state index in [1.165, 1.54) is 5.69 Å². The van der Waals surface area contributed by atoms with Crippen LogP contribution in [0.1, 0.15) is 51.3 Å². The average Bonchev–Trinajstić information content (AvgIpc) is 3.13. The molecule has 5 nitrogen and oxygen atoms in total. The number of benzene rings is 1. The van der Waals surface area contributed by atoms with E-state index in [1.54, 1.807) is 0 Å². The molecule has 5 heteroatoms. The van der Waals surface area contributed by atoms with E-state index >= 15 is 0 Å². The van der Waals surface area contributed by atoms with Crippen molar-refractivity contribution in [2.24, 2.45) is 5.41 Å². The normalized spacial score (nSPS) is 24.1. The van der Waals surface area contributed by atoms with Gasteiger partial charge in [0.05, 0.1) is 11.1 Å². The fraction of sp³-hybridized carbons (Fsp3) is 0.545. The molecular formula is C22H30N4O. The minimum atomic E-state index is -0.227. The van der Waals surface area contributed by atoms with E-state index in [0.717, 1.165) is 57.5 Å². The molecule has 1 amide bonds. The topological polar surface area (TPSA) is 41.4 Å². The fourth-order valence-electron chi connectivity index (χ4n) is 4.83. The number of nitrogens with zero attached hydrogens (tertiary/aromatic N) is 4. The number of piperidine rings is 2. The van der Waals surface area contributed by atoms with E-state index in [0.29, 0.717) is 11.9 Å². The van der Waals surface area contributed by atoms with Gasteiger partial charge in [0, 0.05) is 37.6 Å². The van der Waals surface area contributed by atoms with Crippen molar-refractivity contribution in [2.45, 2.75) is 52.1 Å². The summed E-state index contributed by atoms with van der Waals surface area (Å²) in [7, 11) is 0. The molecule has 2 aromatic rings. The van der Waals surface area contributed by atoms with Crippen molar-refractivity contribution in [2.75, 3.05) is 24.5 Å². The number of hydrogen-bond donors (Lipinski definition) is 0. The number of aromatic nitrogens is 2. The minimum absolute atomic E-state index is 0.227. The second-order valence-corrected chi connectivity index (χ2v) is 8.35. The quantitative estimate of drug-likeness (QED) is 0.825. The number of hydrogen-bond acceptors (Lipinski definition) is 3. The first kappa shape index (κ1) is 18.2. The van der Waals surface area contributed by atoms with E-state index in [-0.39, 0.29) is 5.41 Å². The smallest absolute Gasteiger partial charge is 0.234 e. The third kappa shape index (κ3) is 3.53. The first-order valence-electron chi connectivity index (χ1n) is 10.2. The Morgan fingerprint density at radius 3 is 2.56 bits per heavy atom. The van der Waals surface area contributed by atoms with Gasteiger partial charge in [-0.25, -0.2) is 0 Å². The summed E-state index contributed by atoms with van der Waals surface area (Å²) < 4.78 is 2.10. The predicted octanol–water partition coefficient (Wildman–Crippen LogP) is 3.87. The van der Waals surface area contributed by atoms with Crippen LogP contribution in [-0.4, -0.2) is 40.2 Å². The highest BCUT2D eigenvalue weighted by molar-refractivity contribution is 5.98. The molecule has 2 aliphatic heterocycles. The summed E-state index contributed by atoms with van der Waals surface area (Å²) in [5.41, 5.74) is 2.05. The summed E-state index contributed by atoms with van der Waals surface area (Å²) in [6, 6.07) is 12.6. The van der Waals surface area contributed by atoms with Crippen molar-refractivity contribution < 1.29 is 4.79 Å². The van der Waals surface area contributed by atoms with Gasteiger partial charge in [0.15, 0.2) is 0 Å². The van der Waals surface area contributed by atoms with Gasteiger partial charge >= 0.3 is 0 Å². The van der Waals surface area contributed by atoms with Crippen LogP contribution in [0.15, 0.2) is 42.6 Å². The molecule has 0 N–H and O–H groups in total. The Labute approximate surface area is 162 Å². The molecule has 2 fully saturated rings. The summed E-state index contributed by atoms with van der Waals surface area (Å²) in [6.07, 6.45) is 6.07. The van der Waals surface area contributed by atoms with Gasteiger partial charge in [0.25, 0.3) is 0 Å². The van der Waals surface area contributed by atoms with Gasteiger partial charge in [-0.2, -0.15) is 5.10 Å². The van der Waals surface area contributed by atoms with Crippen LogP contribution in [0.3, 0.4) is 0 Å². The first-order valence-corrected chi connectivity index (χ1v) is 10.2. The van der Waals surface area contributed by atoms with E-state index in [1.807, 2.05) is 29.3 Å². The van der Waals surface area contributed by atoms with Crippen molar-refractivity contribution in [3.8, 4) is 0 Å². The molecule has 1 spiro atoms. The van der Waals surface area contributed by atoms with Gasteiger partial charge in [0.2, 0.25) is 5.91 Å². The molecule has 1 unspecified atom stereocenters. The lowest BCUT2D eigenvalue weighted by molar-refractivity contribution is -0.134. The Morgan fingerprint density at radius 1 is 1.07 bits per heavy atom. The maximum Gasteiger partial charge on any atom is 0.234 e. The molecule has 1 aromatic heterocycles. The van der Waals surface area contributed by atoms with Gasteiger partial charge in [-0.3, -0.25) is 14.4 Å². The number of likely N-dealkylation sites (tertiary alicyclic amines) is 1. The van der Waals surface area contributed by atoms with Crippen molar-refractivity contribution in [3.05, 3.63) is 48.3 Å². The molecule has 1 atom stereocenters. The molecule has 0 radical (unpaired) electrons. The first-order chi connectivity index (χ1) is 13.1. The highest BCUT2D eigenvalue weighted by Gasteiger charge is 2.46. The third-order valence-corrected chi connectivity index (χ3v) is 6.09. The van der Waals surface area contributed by atoms with Crippen LogP contribution in [0, 0.1) is 5.41 Å². The molecule has 2 saturated heterocycles. The summed E-state index contributed by atoms with van der Waals surface area (Å²) >= 11 is 0. The number of carbonyl (C=O) groups is 1. The fourth-order valence-corrected chi connectivity index (χ4v) is 4.83. The Morgan fingerprint density at radius 2 is 1.81 bits per heavy atom. The van der Waals surface area contributed by atoms with E-state index in [4.69, 9.17) is 0 Å². The van der Waals surface area contributed by atoms with Crippen molar-refractivity contribution in [1.82, 2.24) is 14.7 Å². The van der Waals surface area contributed by atoms with Crippen LogP contribution in [0.2, 0.25) is 0 Å². The standard InChI is InChI=1S/C22H30N4O/c1-18(2)26-20(10-13-23-26)16-24-14-6-11-22(17-24)12-7-15-25(21(22)27)19-8-4-3-5-9-19/h3-5,8-10,13,18H,6-7,11-12,14-17H2,1-2H3. The minimum Gasteiger partial charge on any atom is -0.312 e. The molecule has 4 rings (SSSR count). The average molecular weight is 367 g/mol. The van der Waals surface area contributed by atoms with Gasteiger partial charge < -0.3 is 4.90 Å². The van der Waals surface area contributed by atoms with Crippen LogP contribution in [0.5, 0.6) is 0 Å². The molecule has 1 aromatic carbocycles. The molecule has 27 heavy (non-hydrogen) atoms. The maximum absolute atomic E-state index is 13.5. The second kappa shape index (κ2) is 7.47. The number of carbonyl (C=O) groups excluding carboxylic acids is 1. The molecular weight excluding hydrogens is 336 g/mol. The van der Waals surface area contributed by atoms with Crippen molar-refractivity contribution >= 4 is 11.6 Å². The molecule has 0 bridgehead atoms. The van der Waals surface area contributed by atoms with E-state index < -0.39 is 0 Å². The van der Waals surface area contributed by atoms with Gasteiger partial charge in [-0.1, -0.05) is 18.2 Å². The summed E-state index contributed by atoms with van der Waals surface area (Å²) in [6.45, 7) is 7.96. The van der Waals surface area contributed by atoms with Crippen LogP contribution in [-0.2, 0) is 11.3 Å². The monoisotopic (exact) mass is 366 g/mol. The summed E-state index contributed by atoms with van der Waals surface area (Å²) in [5.74, 6) is 0.321. The zero-order chi connectivity index (χ0) is 18.9. The summed E-state index contributed by atoms with van der Waals surface area (Å²) in [5, 5.41) is 4.47. The lowest BCUT2D eigenvalue weighted by Crippen LogP contribution is -2.56. The van der Waals surface area contributed by atoms with Gasteiger partial charge in [-0.15, -0.1) is 0 Å². The van der Waals surface area contributed by atoms with Gasteiger partial charge in [-0.05, 0) is 64.3 Å². The molecule has 144 valence electrons. The van der Waals surface area contributed by atoms with Crippen LogP contribution in [0.4, 0.5) is 5.69 Å². The van der Waals surface area contributed by atoms with Crippen molar-refractivity contribution in [1.29, 1.82) is 0 Å². The molecule has 3 heterocycles. The SMILES string of the molecule is CC(C)n1nccc1CN1CCCC2(CCCN(c3ccccc3)C2=O)C1. The molecule has 0 saturated carbocycles. The number of anilines is 1. The second-order valence-electron chi connectivity index (χ2n) is 8.35. The molecule has 2 aliphatic rings. The van der Waals surface area contributed by atoms with Crippen LogP contribution >= 0.6 is 0 Å². The Kier molecular flexibility index (Phi) is 5.04. The third-order valence-electron chi connectivity index (χ3n) is 6.09. The van der Waals surface area contributed by atoms with E-state index in [2.05, 4.69) is 46.7 Å². The zero-order valence-electron chi connectivity index (χ0n) is 16.5. The summed E-state index contributed by atoms with van der Waals surface area (Å²) in [4.78, 5) is 18.0. The maximum atomic E-state index is 13.5. The Bertz CT molecular complexity index is 781. The predicted molar refractivity (Wildman–Crippen MR) is 108 cm³/mol. The van der Waals surface area contributed by atoms with Crippen LogP contribution < -0.4 is 4.90 Å².